The molecule has 4 aromatic heterocycles. The summed E-state index contributed by atoms with van der Waals surface area (Å²) in [4.78, 5) is 0. The Morgan fingerprint density at radius 3 is 2.28 bits per heavy atom. The zero-order valence-electron chi connectivity index (χ0n) is 31.2. The van der Waals surface area contributed by atoms with Gasteiger partial charge in [-0.25, -0.2) is 0 Å². The predicted molar refractivity (Wildman–Crippen MR) is 221 cm³/mol. The Bertz CT molecular complexity index is 3100. The van der Waals surface area contributed by atoms with E-state index < -0.39 is 0 Å². The van der Waals surface area contributed by atoms with Gasteiger partial charge in [-0.15, -0.1) is 0 Å². The maximum absolute atomic E-state index is 2.60. The van der Waals surface area contributed by atoms with E-state index in [9.17, 15) is 0 Å². The van der Waals surface area contributed by atoms with Crippen molar-refractivity contribution >= 4 is 43.8 Å². The van der Waals surface area contributed by atoms with Crippen molar-refractivity contribution < 1.29 is 9.13 Å². The lowest BCUT2D eigenvalue weighted by atomic mass is 9.79. The minimum atomic E-state index is 0.0863. The van der Waals surface area contributed by atoms with E-state index >= 15 is 0 Å². The molecule has 258 valence electrons. The van der Waals surface area contributed by atoms with Crippen LogP contribution in [0.2, 0.25) is 0 Å². The standard InChI is InChI=1S/C51H41N3/c1-30-17-19-43-35-13-8-9-14-36(35)49-42-23-33-25-47-41(38-16-10-15-37-40-26-34(51(2,3)4)18-20-44(40)54(47)50(37)38)27-39(33)45-24-32(31-11-6-5-7-12-31)21-22-52(45)46(42)28-48(49)53(43)29-30/h5-22,24-27,29,48-49H,23,28H2,1-4H3/q+2. The summed E-state index contributed by atoms with van der Waals surface area (Å²) in [5.74, 6) is 0.302. The molecule has 3 aliphatic rings. The van der Waals surface area contributed by atoms with Gasteiger partial charge in [-0.2, -0.15) is 9.13 Å². The largest absolute Gasteiger partial charge is 0.308 e. The SMILES string of the molecule is Cc1ccc2[n+](c1)C1CC3=C(Cc4cc5c(cc4-c4cc(-c6ccccc6)cc[n+]43)c3cccc4c6cc(C(C)(C)C)ccc6n5c43)C1c1ccccc1-2. The Labute approximate surface area is 315 Å². The number of nitrogens with zero attached hydrogens (tertiary/aromatic N) is 3. The third-order valence-electron chi connectivity index (χ3n) is 13.0. The fourth-order valence-corrected chi connectivity index (χ4v) is 10.5. The molecular formula is C51H41N3+2. The van der Waals surface area contributed by atoms with E-state index in [-0.39, 0.29) is 5.41 Å². The van der Waals surface area contributed by atoms with Gasteiger partial charge in [0.2, 0.25) is 11.4 Å². The fourth-order valence-electron chi connectivity index (χ4n) is 10.5. The minimum absolute atomic E-state index is 0.0863. The second-order valence-corrected chi connectivity index (χ2v) is 17.1. The molecular weight excluding hydrogens is 655 g/mol. The van der Waals surface area contributed by atoms with Crippen LogP contribution in [0.4, 0.5) is 0 Å². The van der Waals surface area contributed by atoms with E-state index in [1.165, 1.54) is 99.7 Å². The van der Waals surface area contributed by atoms with Crippen LogP contribution in [-0.2, 0) is 11.8 Å². The second kappa shape index (κ2) is 10.5. The summed E-state index contributed by atoms with van der Waals surface area (Å²) < 4.78 is 7.74. The summed E-state index contributed by atoms with van der Waals surface area (Å²) in [6.07, 6.45) is 6.67. The van der Waals surface area contributed by atoms with E-state index in [4.69, 9.17) is 0 Å². The average Bonchev–Trinajstić information content (AvgIpc) is 3.82. The Kier molecular flexibility index (Phi) is 5.94. The van der Waals surface area contributed by atoms with Gasteiger partial charge in [0.15, 0.2) is 24.1 Å². The molecule has 2 atom stereocenters. The van der Waals surface area contributed by atoms with Crippen LogP contribution in [0.1, 0.15) is 61.4 Å². The Morgan fingerprint density at radius 2 is 1.44 bits per heavy atom. The number of rotatable bonds is 1. The van der Waals surface area contributed by atoms with E-state index in [0.29, 0.717) is 12.0 Å². The zero-order valence-corrected chi connectivity index (χ0v) is 31.2. The van der Waals surface area contributed by atoms with Crippen molar-refractivity contribution in [2.45, 2.75) is 57.9 Å². The van der Waals surface area contributed by atoms with Crippen molar-refractivity contribution in [3.8, 4) is 33.6 Å². The Morgan fingerprint density at radius 1 is 0.648 bits per heavy atom. The summed E-state index contributed by atoms with van der Waals surface area (Å²) in [5.41, 5.74) is 20.4. The number of hydrogen-bond donors (Lipinski definition) is 0. The van der Waals surface area contributed by atoms with Crippen LogP contribution in [0.25, 0.3) is 77.4 Å². The summed E-state index contributed by atoms with van der Waals surface area (Å²) in [6, 6.07) is 49.0. The minimum Gasteiger partial charge on any atom is -0.308 e. The molecule has 12 rings (SSSR count). The molecule has 3 nitrogen and oxygen atoms in total. The van der Waals surface area contributed by atoms with Crippen LogP contribution in [0.5, 0.6) is 0 Å². The van der Waals surface area contributed by atoms with Gasteiger partial charge in [0, 0.05) is 57.3 Å². The van der Waals surface area contributed by atoms with Gasteiger partial charge in [-0.3, -0.25) is 0 Å². The quantitative estimate of drug-likeness (QED) is 0.152. The molecule has 0 bridgehead atoms. The lowest BCUT2D eigenvalue weighted by Gasteiger charge is -2.27. The Hall–Kier alpha value is -6.06. The van der Waals surface area contributed by atoms with Crippen molar-refractivity contribution in [3.05, 3.63) is 168 Å². The number of pyridine rings is 2. The summed E-state index contributed by atoms with van der Waals surface area (Å²) in [7, 11) is 0. The van der Waals surface area contributed by atoms with Crippen molar-refractivity contribution in [2.24, 2.45) is 0 Å². The van der Waals surface area contributed by atoms with Crippen LogP contribution in [0, 0.1) is 6.92 Å². The topological polar surface area (TPSA) is 12.2 Å². The predicted octanol–water partition coefficient (Wildman–Crippen LogP) is 11.5. The third kappa shape index (κ3) is 4.02. The molecule has 1 aliphatic carbocycles. The average molecular weight is 696 g/mol. The van der Waals surface area contributed by atoms with Crippen LogP contribution >= 0.6 is 0 Å². The normalized spacial score (nSPS) is 17.4. The maximum atomic E-state index is 2.60. The van der Waals surface area contributed by atoms with Crippen LogP contribution < -0.4 is 9.13 Å². The molecule has 5 aromatic carbocycles. The first-order valence-corrected chi connectivity index (χ1v) is 19.5. The number of aromatic nitrogens is 3. The molecule has 0 saturated heterocycles. The van der Waals surface area contributed by atoms with Gasteiger partial charge in [-0.1, -0.05) is 93.6 Å². The highest BCUT2D eigenvalue weighted by Gasteiger charge is 2.52. The molecule has 2 unspecified atom stereocenters. The Balaban J connectivity index is 1.15. The van der Waals surface area contributed by atoms with Gasteiger partial charge < -0.3 is 4.40 Å². The number of fused-ring (bicyclic) bond motifs is 17. The molecule has 0 fully saturated rings. The van der Waals surface area contributed by atoms with Gasteiger partial charge >= 0.3 is 0 Å². The first kappa shape index (κ1) is 30.4. The highest BCUT2D eigenvalue weighted by atomic mass is 15.1. The zero-order chi connectivity index (χ0) is 36.0. The van der Waals surface area contributed by atoms with Crippen LogP contribution in [0.3, 0.4) is 0 Å². The molecule has 0 radical (unpaired) electrons. The number of benzene rings is 5. The summed E-state index contributed by atoms with van der Waals surface area (Å²) in [5, 5.41) is 5.35. The fraction of sp³-hybridized carbons (Fsp3) is 0.176. The highest BCUT2D eigenvalue weighted by molar-refractivity contribution is 6.23. The molecule has 9 aromatic rings. The summed E-state index contributed by atoms with van der Waals surface area (Å²) >= 11 is 0. The summed E-state index contributed by atoms with van der Waals surface area (Å²) in [6.45, 7) is 9.17. The molecule has 3 heteroatoms. The molecule has 2 aliphatic heterocycles. The van der Waals surface area contributed by atoms with Gasteiger partial charge in [0.05, 0.1) is 40.0 Å². The molecule has 0 saturated carbocycles. The number of allylic oxidation sites excluding steroid dienone is 2. The maximum Gasteiger partial charge on any atom is 0.219 e. The lowest BCUT2D eigenvalue weighted by molar-refractivity contribution is -0.717. The monoisotopic (exact) mass is 695 g/mol. The first-order valence-electron chi connectivity index (χ1n) is 19.5. The number of aryl methyl sites for hydroxylation is 1. The van der Waals surface area contributed by atoms with Gasteiger partial charge in [0.25, 0.3) is 0 Å². The third-order valence-corrected chi connectivity index (χ3v) is 13.0. The van der Waals surface area contributed by atoms with E-state index in [1.807, 2.05) is 0 Å². The van der Waals surface area contributed by atoms with E-state index in [0.717, 1.165) is 12.8 Å². The van der Waals surface area contributed by atoms with Crippen LogP contribution in [-0.4, -0.2) is 4.40 Å². The van der Waals surface area contributed by atoms with Crippen LogP contribution in [0.15, 0.2) is 145 Å². The molecule has 0 spiro atoms. The molecule has 0 N–H and O–H groups in total. The van der Waals surface area contributed by atoms with Gasteiger partial charge in [0.1, 0.15) is 0 Å². The van der Waals surface area contributed by atoms with E-state index in [2.05, 4.69) is 181 Å². The highest BCUT2D eigenvalue weighted by Crippen LogP contribution is 2.53. The number of para-hydroxylation sites is 1. The molecule has 6 heterocycles. The smallest absolute Gasteiger partial charge is 0.219 e. The molecule has 54 heavy (non-hydrogen) atoms. The molecule has 0 amide bonds. The van der Waals surface area contributed by atoms with Gasteiger partial charge in [-0.05, 0) is 76.6 Å². The number of hydrogen-bond acceptors (Lipinski definition) is 0. The lowest BCUT2D eigenvalue weighted by Crippen LogP contribution is -2.47. The van der Waals surface area contributed by atoms with Crippen molar-refractivity contribution in [1.82, 2.24) is 4.40 Å². The second-order valence-electron chi connectivity index (χ2n) is 17.1. The van der Waals surface area contributed by atoms with Crippen molar-refractivity contribution in [1.29, 1.82) is 0 Å². The first-order chi connectivity index (χ1) is 26.3. The van der Waals surface area contributed by atoms with Crippen molar-refractivity contribution in [2.75, 3.05) is 0 Å². The van der Waals surface area contributed by atoms with E-state index in [1.54, 1.807) is 5.57 Å². The van der Waals surface area contributed by atoms with Crippen molar-refractivity contribution in [3.63, 3.8) is 0 Å².